The van der Waals surface area contributed by atoms with Crippen molar-refractivity contribution in [2.24, 2.45) is 0 Å². The Morgan fingerprint density at radius 1 is 1.30 bits per heavy atom. The first-order valence-corrected chi connectivity index (χ1v) is 9.41. The lowest BCUT2D eigenvalue weighted by Gasteiger charge is -2.17. The van der Waals surface area contributed by atoms with Crippen molar-refractivity contribution in [3.63, 3.8) is 0 Å². The van der Waals surface area contributed by atoms with Gasteiger partial charge < -0.3 is 14.6 Å². The van der Waals surface area contributed by atoms with Gasteiger partial charge in [0.1, 0.15) is 5.82 Å². The van der Waals surface area contributed by atoms with Gasteiger partial charge in [-0.3, -0.25) is 0 Å². The van der Waals surface area contributed by atoms with Crippen molar-refractivity contribution in [1.82, 2.24) is 14.9 Å². The Labute approximate surface area is 140 Å². The van der Waals surface area contributed by atoms with Gasteiger partial charge in [0.05, 0.1) is 12.0 Å². The molecule has 0 radical (unpaired) electrons. The first-order valence-electron chi connectivity index (χ1n) is 8.26. The van der Waals surface area contributed by atoms with Crippen LogP contribution in [0.4, 0.5) is 5.82 Å². The predicted molar refractivity (Wildman–Crippen MR) is 94.0 cm³/mol. The largest absolute Gasteiger partial charge is 0.461 e. The lowest BCUT2D eigenvalue weighted by molar-refractivity contribution is 0.352. The average molecular weight is 330 g/mol. The summed E-state index contributed by atoms with van der Waals surface area (Å²) in [5, 5.41) is 3.68. The second kappa shape index (κ2) is 6.53. The zero-order valence-electron chi connectivity index (χ0n) is 13.4. The molecule has 1 N–H and O–H groups in total. The number of furan rings is 1. The number of likely N-dealkylation sites (N-methyl/N-ethyl adjacent to an activating group) is 1. The van der Waals surface area contributed by atoms with Crippen LogP contribution in [0.1, 0.15) is 17.7 Å². The monoisotopic (exact) mass is 330 g/mol. The van der Waals surface area contributed by atoms with Crippen molar-refractivity contribution in [2.75, 3.05) is 37.0 Å². The number of nitrogens with zero attached hydrogens (tertiary/aromatic N) is 3. The fraction of sp³-hybridized carbons (Fsp3) is 0.529. The molecule has 2 aliphatic heterocycles. The summed E-state index contributed by atoms with van der Waals surface area (Å²) in [6.07, 6.45) is 4.86. The predicted octanol–water partition coefficient (Wildman–Crippen LogP) is 2.68. The van der Waals surface area contributed by atoms with Crippen molar-refractivity contribution in [3.05, 3.63) is 29.7 Å². The number of thioether (sulfide) groups is 1. The zero-order chi connectivity index (χ0) is 15.6. The van der Waals surface area contributed by atoms with Crippen molar-refractivity contribution < 1.29 is 4.42 Å². The SMILES string of the molecule is CN1CCc2nc(-c3ccco3)nc(N[C@H]3CCSC3)c2CC1. The number of nitrogens with one attached hydrogen (secondary N) is 1. The van der Waals surface area contributed by atoms with E-state index in [0.29, 0.717) is 11.9 Å². The highest BCUT2D eigenvalue weighted by Gasteiger charge is 2.23. The van der Waals surface area contributed by atoms with Gasteiger partial charge in [-0.25, -0.2) is 9.97 Å². The first kappa shape index (κ1) is 15.0. The molecule has 4 heterocycles. The molecule has 0 bridgehead atoms. The summed E-state index contributed by atoms with van der Waals surface area (Å²) in [6.45, 7) is 2.10. The molecule has 2 aromatic rings. The highest BCUT2D eigenvalue weighted by Crippen LogP contribution is 2.28. The molecule has 0 saturated carbocycles. The second-order valence-electron chi connectivity index (χ2n) is 6.31. The maximum absolute atomic E-state index is 5.52. The lowest BCUT2D eigenvalue weighted by atomic mass is 10.1. The van der Waals surface area contributed by atoms with Crippen LogP contribution in [0, 0.1) is 0 Å². The topological polar surface area (TPSA) is 54.2 Å². The van der Waals surface area contributed by atoms with E-state index < -0.39 is 0 Å². The van der Waals surface area contributed by atoms with E-state index in [-0.39, 0.29) is 0 Å². The fourth-order valence-electron chi connectivity index (χ4n) is 3.19. The molecule has 2 aliphatic rings. The molecule has 0 aromatic carbocycles. The highest BCUT2D eigenvalue weighted by molar-refractivity contribution is 7.99. The summed E-state index contributed by atoms with van der Waals surface area (Å²) in [6, 6.07) is 4.34. The van der Waals surface area contributed by atoms with Crippen LogP contribution >= 0.6 is 11.8 Å². The van der Waals surface area contributed by atoms with E-state index in [4.69, 9.17) is 14.4 Å². The molecule has 0 unspecified atom stereocenters. The normalized spacial score (nSPS) is 21.9. The number of fused-ring (bicyclic) bond motifs is 1. The Kier molecular flexibility index (Phi) is 4.27. The van der Waals surface area contributed by atoms with E-state index in [1.54, 1.807) is 6.26 Å². The zero-order valence-corrected chi connectivity index (χ0v) is 14.2. The Balaban J connectivity index is 1.73. The molecular weight excluding hydrogens is 308 g/mol. The van der Waals surface area contributed by atoms with Crippen molar-refractivity contribution in [2.45, 2.75) is 25.3 Å². The van der Waals surface area contributed by atoms with E-state index in [2.05, 4.69) is 17.3 Å². The Bertz CT molecular complexity index is 667. The number of rotatable bonds is 3. The molecule has 4 rings (SSSR count). The maximum atomic E-state index is 5.52. The molecule has 2 aromatic heterocycles. The van der Waals surface area contributed by atoms with E-state index in [9.17, 15) is 0 Å². The van der Waals surface area contributed by atoms with Crippen LogP contribution in [-0.4, -0.2) is 52.6 Å². The standard InChI is InChI=1S/C17H22N4OS/c1-21-7-4-13-14(5-8-21)19-17(15-3-2-9-22-15)20-16(13)18-12-6-10-23-11-12/h2-3,9,12H,4-8,10-11H2,1H3,(H,18,19,20)/t12-/m0/s1. The van der Waals surface area contributed by atoms with Gasteiger partial charge in [0, 0.05) is 36.9 Å². The minimum Gasteiger partial charge on any atom is -0.461 e. The maximum Gasteiger partial charge on any atom is 0.197 e. The van der Waals surface area contributed by atoms with Gasteiger partial charge in [0.2, 0.25) is 0 Å². The minimum absolute atomic E-state index is 0.518. The molecule has 0 aliphatic carbocycles. The fourth-order valence-corrected chi connectivity index (χ4v) is 4.34. The molecule has 6 heteroatoms. The van der Waals surface area contributed by atoms with Crippen molar-refractivity contribution >= 4 is 17.6 Å². The highest BCUT2D eigenvalue weighted by atomic mass is 32.2. The minimum atomic E-state index is 0.518. The number of aromatic nitrogens is 2. The van der Waals surface area contributed by atoms with Crippen molar-refractivity contribution in [1.29, 1.82) is 0 Å². The average Bonchev–Trinajstić information content (AvgIpc) is 3.22. The third-order valence-corrected chi connectivity index (χ3v) is 5.74. The quantitative estimate of drug-likeness (QED) is 0.934. The van der Waals surface area contributed by atoms with Crippen molar-refractivity contribution in [3.8, 4) is 11.6 Å². The van der Waals surface area contributed by atoms with E-state index in [0.717, 1.165) is 43.3 Å². The van der Waals surface area contributed by atoms with E-state index >= 15 is 0 Å². The molecule has 1 fully saturated rings. The molecule has 5 nitrogen and oxygen atoms in total. The van der Waals surface area contributed by atoms with E-state index in [1.807, 2.05) is 23.9 Å². The number of hydrogen-bond acceptors (Lipinski definition) is 6. The third kappa shape index (κ3) is 3.23. The molecule has 1 saturated heterocycles. The van der Waals surface area contributed by atoms with E-state index in [1.165, 1.54) is 23.4 Å². The first-order chi connectivity index (χ1) is 11.3. The summed E-state index contributed by atoms with van der Waals surface area (Å²) in [5.41, 5.74) is 2.46. The van der Waals surface area contributed by atoms with Crippen LogP contribution in [0.15, 0.2) is 22.8 Å². The van der Waals surface area contributed by atoms with Gasteiger partial charge in [-0.2, -0.15) is 11.8 Å². The third-order valence-electron chi connectivity index (χ3n) is 4.58. The van der Waals surface area contributed by atoms with Gasteiger partial charge in [0.15, 0.2) is 11.6 Å². The smallest absolute Gasteiger partial charge is 0.197 e. The van der Waals surface area contributed by atoms with Gasteiger partial charge >= 0.3 is 0 Å². The molecular formula is C17H22N4OS. The summed E-state index contributed by atoms with van der Waals surface area (Å²) in [4.78, 5) is 12.0. The lowest BCUT2D eigenvalue weighted by Crippen LogP contribution is -2.22. The van der Waals surface area contributed by atoms with Crippen LogP contribution < -0.4 is 5.32 Å². The molecule has 23 heavy (non-hydrogen) atoms. The van der Waals surface area contributed by atoms with Gasteiger partial charge in [-0.05, 0) is 37.8 Å². The van der Waals surface area contributed by atoms with Gasteiger partial charge in [0.25, 0.3) is 0 Å². The summed E-state index contributed by atoms with van der Waals surface area (Å²) < 4.78 is 5.52. The molecule has 0 amide bonds. The number of hydrogen-bond donors (Lipinski definition) is 1. The van der Waals surface area contributed by atoms with Gasteiger partial charge in [-0.1, -0.05) is 0 Å². The Hall–Kier alpha value is -1.53. The van der Waals surface area contributed by atoms with Crippen LogP contribution in [0.2, 0.25) is 0 Å². The summed E-state index contributed by atoms with van der Waals surface area (Å²) in [5.74, 6) is 4.86. The number of anilines is 1. The van der Waals surface area contributed by atoms with Crippen LogP contribution in [0.25, 0.3) is 11.6 Å². The molecule has 1 atom stereocenters. The Morgan fingerprint density at radius 3 is 3.00 bits per heavy atom. The Morgan fingerprint density at radius 2 is 2.22 bits per heavy atom. The summed E-state index contributed by atoms with van der Waals surface area (Å²) in [7, 11) is 2.17. The molecule has 0 spiro atoms. The van der Waals surface area contributed by atoms with Gasteiger partial charge in [-0.15, -0.1) is 0 Å². The molecule has 122 valence electrons. The second-order valence-corrected chi connectivity index (χ2v) is 7.46. The van der Waals surface area contributed by atoms with Crippen LogP contribution in [0.5, 0.6) is 0 Å². The van der Waals surface area contributed by atoms with Crippen LogP contribution in [0.3, 0.4) is 0 Å². The summed E-state index contributed by atoms with van der Waals surface area (Å²) >= 11 is 2.01. The van der Waals surface area contributed by atoms with Crippen LogP contribution in [-0.2, 0) is 12.8 Å².